The Kier molecular flexibility index (Phi) is 7.04. The molecule has 1 aromatic carbocycles. The summed E-state index contributed by atoms with van der Waals surface area (Å²) in [6.45, 7) is 4.58. The van der Waals surface area contributed by atoms with Crippen LogP contribution >= 0.6 is 0 Å². The molecular formula is C22H28N2O6S. The highest BCUT2D eigenvalue weighted by Crippen LogP contribution is 2.33. The van der Waals surface area contributed by atoms with E-state index in [0.29, 0.717) is 35.3 Å². The van der Waals surface area contributed by atoms with Crippen molar-refractivity contribution in [1.29, 1.82) is 0 Å². The van der Waals surface area contributed by atoms with Crippen molar-refractivity contribution in [3.8, 4) is 11.5 Å². The molecule has 0 spiro atoms. The molecule has 2 aromatic rings. The lowest BCUT2D eigenvalue weighted by Crippen LogP contribution is -2.20. The van der Waals surface area contributed by atoms with E-state index in [1.807, 2.05) is 30.5 Å². The molecule has 1 heterocycles. The van der Waals surface area contributed by atoms with Crippen molar-refractivity contribution < 1.29 is 22.7 Å². The second-order valence-electron chi connectivity index (χ2n) is 7.89. The number of hydrogen-bond acceptors (Lipinski definition) is 7. The van der Waals surface area contributed by atoms with Crippen molar-refractivity contribution >= 4 is 15.5 Å². The lowest BCUT2D eigenvalue weighted by Gasteiger charge is -2.17. The third-order valence-corrected chi connectivity index (χ3v) is 5.51. The first-order valence-corrected chi connectivity index (χ1v) is 12.1. The van der Waals surface area contributed by atoms with Gasteiger partial charge in [0.05, 0.1) is 20.3 Å². The minimum atomic E-state index is -3.35. The van der Waals surface area contributed by atoms with Crippen molar-refractivity contribution in [2.24, 2.45) is 11.1 Å². The van der Waals surface area contributed by atoms with Crippen molar-refractivity contribution in [2.45, 2.75) is 33.2 Å². The molecule has 0 unspecified atom stereocenters. The van der Waals surface area contributed by atoms with Gasteiger partial charge in [0, 0.05) is 35.3 Å². The van der Waals surface area contributed by atoms with Crippen LogP contribution in [-0.4, -0.2) is 44.6 Å². The highest BCUT2D eigenvalue weighted by molar-refractivity contribution is 7.90. The molecular weight excluding hydrogens is 420 g/mol. The number of aromatic nitrogens is 1. The molecule has 1 aliphatic carbocycles. The molecule has 0 atom stereocenters. The van der Waals surface area contributed by atoms with Gasteiger partial charge in [0.25, 0.3) is 0 Å². The molecule has 168 valence electrons. The van der Waals surface area contributed by atoms with Gasteiger partial charge in [-0.25, -0.2) is 8.42 Å². The summed E-state index contributed by atoms with van der Waals surface area (Å²) in [4.78, 5) is 16.9. The average molecular weight is 449 g/mol. The van der Waals surface area contributed by atoms with Gasteiger partial charge < -0.3 is 18.9 Å². The number of aryl methyl sites for hydroxylation is 2. The van der Waals surface area contributed by atoms with Crippen LogP contribution in [0.15, 0.2) is 40.3 Å². The lowest BCUT2D eigenvalue weighted by atomic mass is 10.1. The third-order valence-electron chi connectivity index (χ3n) is 4.97. The number of pyridine rings is 1. The van der Waals surface area contributed by atoms with Gasteiger partial charge in [-0.2, -0.15) is 0 Å². The Balaban J connectivity index is 1.96. The minimum Gasteiger partial charge on any atom is -0.493 e. The summed E-state index contributed by atoms with van der Waals surface area (Å²) in [6, 6.07) is 8.50. The van der Waals surface area contributed by atoms with E-state index < -0.39 is 15.8 Å². The van der Waals surface area contributed by atoms with Crippen LogP contribution in [-0.2, 0) is 21.2 Å². The van der Waals surface area contributed by atoms with Gasteiger partial charge in [-0.1, -0.05) is 5.16 Å². The number of oxime groups is 1. The van der Waals surface area contributed by atoms with Gasteiger partial charge in [-0.3, -0.25) is 4.79 Å². The van der Waals surface area contributed by atoms with Crippen molar-refractivity contribution in [3.05, 3.63) is 57.5 Å². The molecule has 8 nitrogen and oxygen atoms in total. The molecule has 1 fully saturated rings. The van der Waals surface area contributed by atoms with E-state index in [1.54, 1.807) is 25.3 Å². The molecule has 0 aliphatic heterocycles. The van der Waals surface area contributed by atoms with Gasteiger partial charge in [-0.15, -0.1) is 0 Å². The Bertz CT molecular complexity index is 1110. The zero-order valence-corrected chi connectivity index (χ0v) is 19.1. The van der Waals surface area contributed by atoms with E-state index in [-0.39, 0.29) is 12.0 Å². The van der Waals surface area contributed by atoms with Crippen LogP contribution in [0.5, 0.6) is 11.5 Å². The molecule has 1 saturated carbocycles. The fourth-order valence-electron chi connectivity index (χ4n) is 3.12. The highest BCUT2D eigenvalue weighted by atomic mass is 32.2. The van der Waals surface area contributed by atoms with Gasteiger partial charge in [0.15, 0.2) is 26.8 Å². The summed E-state index contributed by atoms with van der Waals surface area (Å²) in [5.74, 6) is 1.25. The first-order valence-electron chi connectivity index (χ1n) is 10.0. The second-order valence-corrected chi connectivity index (χ2v) is 9.98. The van der Waals surface area contributed by atoms with Crippen LogP contribution in [0.25, 0.3) is 0 Å². The largest absolute Gasteiger partial charge is 0.493 e. The predicted molar refractivity (Wildman–Crippen MR) is 119 cm³/mol. The molecule has 9 heteroatoms. The van der Waals surface area contributed by atoms with Crippen LogP contribution in [0.1, 0.15) is 29.8 Å². The van der Waals surface area contributed by atoms with E-state index >= 15 is 0 Å². The predicted octanol–water partition coefficient (Wildman–Crippen LogP) is 2.69. The number of sulfone groups is 1. The zero-order chi connectivity index (χ0) is 22.6. The van der Waals surface area contributed by atoms with Gasteiger partial charge in [0.2, 0.25) is 5.94 Å². The number of hydrogen-bond donors (Lipinski definition) is 0. The summed E-state index contributed by atoms with van der Waals surface area (Å²) in [5.41, 5.74) is 2.66. The first kappa shape index (κ1) is 22.9. The summed E-state index contributed by atoms with van der Waals surface area (Å²) in [5, 5.41) is 4.13. The molecule has 0 N–H and O–H groups in total. The third kappa shape index (κ3) is 6.58. The van der Waals surface area contributed by atoms with E-state index in [1.165, 1.54) is 12.8 Å². The van der Waals surface area contributed by atoms with Crippen LogP contribution in [0, 0.1) is 19.8 Å². The van der Waals surface area contributed by atoms with Crippen LogP contribution in [0.3, 0.4) is 0 Å². The first-order chi connectivity index (χ1) is 14.7. The van der Waals surface area contributed by atoms with Crippen molar-refractivity contribution in [1.82, 2.24) is 4.57 Å². The van der Waals surface area contributed by atoms with E-state index in [9.17, 15) is 13.2 Å². The van der Waals surface area contributed by atoms with Crippen LogP contribution < -0.4 is 14.9 Å². The van der Waals surface area contributed by atoms with E-state index in [2.05, 4.69) is 5.16 Å². The Morgan fingerprint density at radius 2 is 1.81 bits per heavy atom. The topological polar surface area (TPSA) is 96.2 Å². The minimum absolute atomic E-state index is 0.0710. The molecule has 31 heavy (non-hydrogen) atoms. The molecule has 0 bridgehead atoms. The Morgan fingerprint density at radius 3 is 2.39 bits per heavy atom. The summed E-state index contributed by atoms with van der Waals surface area (Å²) >= 11 is 0. The Labute approximate surface area is 182 Å². The maximum absolute atomic E-state index is 11.8. The SMILES string of the molecule is COc1ccc(C(Cn2c(C)cc(=O)cc2C)=NOCS(C)(=O)=O)cc1OCC1CC1. The average Bonchev–Trinajstić information content (AvgIpc) is 3.51. The fraction of sp³-hybridized carbons (Fsp3) is 0.455. The molecule has 1 aliphatic rings. The summed E-state index contributed by atoms with van der Waals surface area (Å²) < 4.78 is 36.2. The monoisotopic (exact) mass is 448 g/mol. The fourth-order valence-corrected chi connectivity index (χ4v) is 3.36. The maximum atomic E-state index is 11.8. The Hall–Kier alpha value is -2.81. The number of nitrogens with zero attached hydrogens (tertiary/aromatic N) is 2. The van der Waals surface area contributed by atoms with Crippen molar-refractivity contribution in [3.63, 3.8) is 0 Å². The molecule has 0 radical (unpaired) electrons. The van der Waals surface area contributed by atoms with Gasteiger partial charge in [0.1, 0.15) is 5.71 Å². The van der Waals surface area contributed by atoms with E-state index in [0.717, 1.165) is 17.6 Å². The van der Waals surface area contributed by atoms with Crippen molar-refractivity contribution in [2.75, 3.05) is 25.9 Å². The molecule has 0 saturated heterocycles. The quantitative estimate of drug-likeness (QED) is 0.410. The van der Waals surface area contributed by atoms with Gasteiger partial charge >= 0.3 is 0 Å². The number of benzene rings is 1. The molecule has 3 rings (SSSR count). The van der Waals surface area contributed by atoms with E-state index in [4.69, 9.17) is 14.3 Å². The van der Waals surface area contributed by atoms with Crippen LogP contribution in [0.2, 0.25) is 0 Å². The number of ether oxygens (including phenoxy) is 2. The smallest absolute Gasteiger partial charge is 0.217 e. The van der Waals surface area contributed by atoms with Gasteiger partial charge in [-0.05, 0) is 50.8 Å². The standard InChI is InChI=1S/C22H28N2O6S/c1-15-9-19(25)10-16(2)24(15)12-20(23-30-14-31(4,26)27)18-7-8-21(28-3)22(11-18)29-13-17-5-6-17/h7-11,17H,5-6,12-14H2,1-4H3. The molecule has 1 aromatic heterocycles. The molecule has 0 amide bonds. The lowest BCUT2D eigenvalue weighted by molar-refractivity contribution is 0.189. The number of methoxy groups -OCH3 is 1. The maximum Gasteiger partial charge on any atom is 0.217 e. The Morgan fingerprint density at radius 1 is 1.13 bits per heavy atom. The second kappa shape index (κ2) is 9.55. The zero-order valence-electron chi connectivity index (χ0n) is 18.3. The normalized spacial score (nSPS) is 14.4. The summed E-state index contributed by atoms with van der Waals surface area (Å²) in [7, 11) is -1.77. The number of rotatable bonds is 10. The summed E-state index contributed by atoms with van der Waals surface area (Å²) in [6.07, 6.45) is 3.41. The highest BCUT2D eigenvalue weighted by Gasteiger charge is 2.23. The van der Waals surface area contributed by atoms with Crippen LogP contribution in [0.4, 0.5) is 0 Å².